The molecule has 1 N–H and O–H groups in total. The third-order valence-electron chi connectivity index (χ3n) is 4.31. The molecular formula is C19H23NO. The molecule has 2 aromatic carbocycles. The molecule has 0 amide bonds. The summed E-state index contributed by atoms with van der Waals surface area (Å²) in [5, 5.41) is 10.5. The van der Waals surface area contributed by atoms with Gasteiger partial charge in [0.15, 0.2) is 0 Å². The Labute approximate surface area is 127 Å². The van der Waals surface area contributed by atoms with Crippen molar-refractivity contribution < 1.29 is 5.11 Å². The highest BCUT2D eigenvalue weighted by Crippen LogP contribution is 2.29. The molecule has 21 heavy (non-hydrogen) atoms. The summed E-state index contributed by atoms with van der Waals surface area (Å²) in [6.07, 6.45) is 1.88. The van der Waals surface area contributed by atoms with E-state index in [-0.39, 0.29) is 0 Å². The minimum atomic E-state index is -0.433. The summed E-state index contributed by atoms with van der Waals surface area (Å²) in [4.78, 5) is 2.32. The number of aliphatic hydroxyl groups is 1. The molecule has 0 unspecified atom stereocenters. The third kappa shape index (κ3) is 3.11. The van der Waals surface area contributed by atoms with E-state index in [1.807, 2.05) is 12.1 Å². The maximum atomic E-state index is 10.5. The average molecular weight is 281 g/mol. The number of aryl methyl sites for hydroxylation is 3. The van der Waals surface area contributed by atoms with Gasteiger partial charge in [0.1, 0.15) is 0 Å². The van der Waals surface area contributed by atoms with Gasteiger partial charge in [0.2, 0.25) is 0 Å². The standard InChI is InChI=1S/C19H23NO/c1-14-5-8-16(9-6-14)19(21)13-20-11-3-4-17-12-15(2)7-10-18(17)20/h5-10,12,19,21H,3-4,11,13H2,1-2H3/t19-/m1/s1. The minimum absolute atomic E-state index is 0.433. The van der Waals surface area contributed by atoms with Crippen molar-refractivity contribution >= 4 is 5.69 Å². The lowest BCUT2D eigenvalue weighted by molar-refractivity contribution is 0.183. The smallest absolute Gasteiger partial charge is 0.0964 e. The van der Waals surface area contributed by atoms with Gasteiger partial charge in [-0.3, -0.25) is 0 Å². The van der Waals surface area contributed by atoms with Crippen molar-refractivity contribution in [3.05, 3.63) is 64.7 Å². The highest BCUT2D eigenvalue weighted by molar-refractivity contribution is 5.57. The van der Waals surface area contributed by atoms with Gasteiger partial charge < -0.3 is 10.0 Å². The van der Waals surface area contributed by atoms with Gasteiger partial charge in [0.05, 0.1) is 6.10 Å². The fourth-order valence-corrected chi connectivity index (χ4v) is 3.10. The zero-order chi connectivity index (χ0) is 14.8. The quantitative estimate of drug-likeness (QED) is 0.925. The lowest BCUT2D eigenvalue weighted by atomic mass is 9.98. The molecule has 0 saturated heterocycles. The Balaban J connectivity index is 1.78. The second-order valence-electron chi connectivity index (χ2n) is 6.11. The maximum Gasteiger partial charge on any atom is 0.0964 e. The molecule has 1 aliphatic rings. The van der Waals surface area contributed by atoms with Crippen LogP contribution in [0.2, 0.25) is 0 Å². The van der Waals surface area contributed by atoms with Crippen LogP contribution in [0.1, 0.15) is 34.8 Å². The van der Waals surface area contributed by atoms with E-state index in [4.69, 9.17) is 0 Å². The Kier molecular flexibility index (Phi) is 3.98. The van der Waals surface area contributed by atoms with E-state index in [0.29, 0.717) is 6.54 Å². The summed E-state index contributed by atoms with van der Waals surface area (Å²) in [7, 11) is 0. The lowest BCUT2D eigenvalue weighted by Crippen LogP contribution is -2.33. The molecule has 0 fully saturated rings. The number of hydrogen-bond donors (Lipinski definition) is 1. The molecule has 0 saturated carbocycles. The Morgan fingerprint density at radius 2 is 1.76 bits per heavy atom. The summed E-state index contributed by atoms with van der Waals surface area (Å²) in [5.41, 5.74) is 6.25. The highest BCUT2D eigenvalue weighted by Gasteiger charge is 2.20. The van der Waals surface area contributed by atoms with Gasteiger partial charge in [-0.15, -0.1) is 0 Å². The van der Waals surface area contributed by atoms with Gasteiger partial charge in [-0.25, -0.2) is 0 Å². The van der Waals surface area contributed by atoms with Crippen molar-refractivity contribution in [1.82, 2.24) is 0 Å². The van der Waals surface area contributed by atoms with E-state index >= 15 is 0 Å². The van der Waals surface area contributed by atoms with Gasteiger partial charge in [-0.2, -0.15) is 0 Å². The number of aliphatic hydroxyl groups excluding tert-OH is 1. The van der Waals surface area contributed by atoms with Crippen LogP contribution in [-0.2, 0) is 6.42 Å². The van der Waals surface area contributed by atoms with Crippen LogP contribution in [0.4, 0.5) is 5.69 Å². The van der Waals surface area contributed by atoms with Crippen molar-refractivity contribution in [1.29, 1.82) is 0 Å². The number of nitrogens with zero attached hydrogens (tertiary/aromatic N) is 1. The Morgan fingerprint density at radius 3 is 2.52 bits per heavy atom. The van der Waals surface area contributed by atoms with E-state index in [0.717, 1.165) is 24.9 Å². The van der Waals surface area contributed by atoms with Crippen molar-refractivity contribution in [2.75, 3.05) is 18.0 Å². The fourth-order valence-electron chi connectivity index (χ4n) is 3.10. The molecule has 0 spiro atoms. The molecule has 1 aliphatic heterocycles. The van der Waals surface area contributed by atoms with Crippen molar-refractivity contribution in [2.24, 2.45) is 0 Å². The topological polar surface area (TPSA) is 23.5 Å². The van der Waals surface area contributed by atoms with E-state index < -0.39 is 6.10 Å². The first-order valence-electron chi connectivity index (χ1n) is 7.72. The Morgan fingerprint density at radius 1 is 1.05 bits per heavy atom. The third-order valence-corrected chi connectivity index (χ3v) is 4.31. The van der Waals surface area contributed by atoms with Crippen LogP contribution in [0.15, 0.2) is 42.5 Å². The minimum Gasteiger partial charge on any atom is -0.387 e. The molecule has 1 atom stereocenters. The number of anilines is 1. The average Bonchev–Trinajstić information content (AvgIpc) is 2.47. The van der Waals surface area contributed by atoms with E-state index in [2.05, 4.69) is 49.1 Å². The molecule has 2 nitrogen and oxygen atoms in total. The zero-order valence-corrected chi connectivity index (χ0v) is 12.8. The first-order valence-corrected chi connectivity index (χ1v) is 7.72. The first-order chi connectivity index (χ1) is 10.1. The summed E-state index contributed by atoms with van der Waals surface area (Å²) in [6.45, 7) is 5.90. The van der Waals surface area contributed by atoms with Crippen LogP contribution in [0.3, 0.4) is 0 Å². The summed E-state index contributed by atoms with van der Waals surface area (Å²) >= 11 is 0. The predicted octanol–water partition coefficient (Wildman–Crippen LogP) is 3.79. The largest absolute Gasteiger partial charge is 0.387 e. The van der Waals surface area contributed by atoms with Crippen LogP contribution in [0, 0.1) is 13.8 Å². The second-order valence-corrected chi connectivity index (χ2v) is 6.11. The SMILES string of the molecule is Cc1ccc([C@H](O)CN2CCCc3cc(C)ccc32)cc1. The Bertz CT molecular complexity index is 618. The van der Waals surface area contributed by atoms with Crippen molar-refractivity contribution in [3.63, 3.8) is 0 Å². The number of rotatable bonds is 3. The molecule has 110 valence electrons. The summed E-state index contributed by atoms with van der Waals surface area (Å²) in [5.74, 6) is 0. The van der Waals surface area contributed by atoms with Crippen molar-refractivity contribution in [2.45, 2.75) is 32.8 Å². The summed E-state index contributed by atoms with van der Waals surface area (Å²) < 4.78 is 0. The van der Waals surface area contributed by atoms with Crippen LogP contribution < -0.4 is 4.90 Å². The van der Waals surface area contributed by atoms with Gasteiger partial charge in [-0.1, -0.05) is 47.5 Å². The van der Waals surface area contributed by atoms with Crippen LogP contribution in [0.25, 0.3) is 0 Å². The number of benzene rings is 2. The molecular weight excluding hydrogens is 258 g/mol. The molecule has 0 aliphatic carbocycles. The van der Waals surface area contributed by atoms with Gasteiger partial charge >= 0.3 is 0 Å². The molecule has 3 rings (SSSR count). The molecule has 0 radical (unpaired) electrons. The number of fused-ring (bicyclic) bond motifs is 1. The summed E-state index contributed by atoms with van der Waals surface area (Å²) in [6, 6.07) is 14.8. The van der Waals surface area contributed by atoms with Crippen LogP contribution in [0.5, 0.6) is 0 Å². The van der Waals surface area contributed by atoms with E-state index in [1.54, 1.807) is 0 Å². The normalized spacial score (nSPS) is 15.7. The van der Waals surface area contributed by atoms with Crippen LogP contribution in [-0.4, -0.2) is 18.2 Å². The lowest BCUT2D eigenvalue weighted by Gasteiger charge is -2.33. The maximum absolute atomic E-state index is 10.5. The van der Waals surface area contributed by atoms with Gasteiger partial charge in [0, 0.05) is 18.8 Å². The number of β-amino-alcohol motifs (C(OH)–C–C–N with tert-alkyl or cyclic N) is 1. The molecule has 2 aromatic rings. The van der Waals surface area contributed by atoms with E-state index in [1.165, 1.54) is 22.4 Å². The highest BCUT2D eigenvalue weighted by atomic mass is 16.3. The fraction of sp³-hybridized carbons (Fsp3) is 0.368. The Hall–Kier alpha value is -1.80. The second kappa shape index (κ2) is 5.90. The van der Waals surface area contributed by atoms with Crippen LogP contribution >= 0.6 is 0 Å². The van der Waals surface area contributed by atoms with E-state index in [9.17, 15) is 5.11 Å². The molecule has 2 heteroatoms. The molecule has 0 bridgehead atoms. The molecule has 0 aromatic heterocycles. The zero-order valence-electron chi connectivity index (χ0n) is 12.8. The first kappa shape index (κ1) is 14.2. The molecule has 1 heterocycles. The monoisotopic (exact) mass is 281 g/mol. The van der Waals surface area contributed by atoms with Gasteiger partial charge in [-0.05, 0) is 43.9 Å². The predicted molar refractivity (Wildman–Crippen MR) is 87.9 cm³/mol. The van der Waals surface area contributed by atoms with Crippen molar-refractivity contribution in [3.8, 4) is 0 Å². The van der Waals surface area contributed by atoms with Gasteiger partial charge in [0.25, 0.3) is 0 Å². The number of hydrogen-bond acceptors (Lipinski definition) is 2.